The second kappa shape index (κ2) is 4.53. The molecule has 2 aromatic carbocycles. The van der Waals surface area contributed by atoms with E-state index in [0.29, 0.717) is 0 Å². The fourth-order valence-electron chi connectivity index (χ4n) is 2.50. The molecule has 0 aliphatic heterocycles. The molecule has 0 saturated heterocycles. The highest BCUT2D eigenvalue weighted by Crippen LogP contribution is 2.49. The zero-order valence-corrected chi connectivity index (χ0v) is 13.6. The summed E-state index contributed by atoms with van der Waals surface area (Å²) in [6, 6.07) is 17.7. The predicted octanol–water partition coefficient (Wildman–Crippen LogP) is 4.86. The van der Waals surface area contributed by atoms with Crippen LogP contribution in [0.25, 0.3) is 0 Å². The van der Waals surface area contributed by atoms with E-state index in [2.05, 4.69) is 93.7 Å². The lowest BCUT2D eigenvalue weighted by atomic mass is 10.0. The second-order valence-corrected chi connectivity index (χ2v) is 9.69. The molecule has 86 valence electrons. The van der Waals surface area contributed by atoms with Crippen molar-refractivity contribution in [3.8, 4) is 0 Å². The van der Waals surface area contributed by atoms with Crippen LogP contribution in [0.4, 0.5) is 0 Å². The Kier molecular flexibility index (Phi) is 3.19. The number of rotatable bonds is 0. The smallest absolute Gasteiger partial charge is 0.0620 e. The Bertz CT molecular complexity index is 509. The van der Waals surface area contributed by atoms with E-state index in [-0.39, 0.29) is 1.43 Å². The standard InChI is InChI=1S/C15H12I2/c16-15(17)13-7-3-1-5-11(13)9-10-12-6-2-4-8-14(12)15/h1-8H,9-10H2. The average molecular weight is 446 g/mol. The van der Waals surface area contributed by atoms with Crippen molar-refractivity contribution in [3.05, 3.63) is 70.8 Å². The maximum absolute atomic E-state index is 2.59. The first-order valence-corrected chi connectivity index (χ1v) is 7.90. The minimum absolute atomic E-state index is 0.0687. The third kappa shape index (κ3) is 2.03. The quantitative estimate of drug-likeness (QED) is 0.401. The highest BCUT2D eigenvalue weighted by atomic mass is 127. The van der Waals surface area contributed by atoms with Crippen LogP contribution in [-0.2, 0) is 14.3 Å². The fourth-order valence-corrected chi connectivity index (χ4v) is 4.61. The van der Waals surface area contributed by atoms with Crippen molar-refractivity contribution in [3.63, 3.8) is 0 Å². The third-order valence-corrected chi connectivity index (χ3v) is 5.70. The first-order chi connectivity index (χ1) is 8.19. The summed E-state index contributed by atoms with van der Waals surface area (Å²) < 4.78 is 0.0687. The summed E-state index contributed by atoms with van der Waals surface area (Å²) in [5, 5.41) is 0. The number of fused-ring (bicyclic) bond motifs is 2. The molecule has 1 aliphatic rings. The van der Waals surface area contributed by atoms with E-state index in [1.54, 1.807) is 0 Å². The molecule has 0 fully saturated rings. The van der Waals surface area contributed by atoms with Crippen molar-refractivity contribution in [1.82, 2.24) is 0 Å². The van der Waals surface area contributed by atoms with Crippen LogP contribution in [0.3, 0.4) is 0 Å². The van der Waals surface area contributed by atoms with Gasteiger partial charge >= 0.3 is 0 Å². The van der Waals surface area contributed by atoms with Crippen molar-refractivity contribution in [2.24, 2.45) is 0 Å². The zero-order chi connectivity index (χ0) is 11.9. The first-order valence-electron chi connectivity index (χ1n) is 5.74. The predicted molar refractivity (Wildman–Crippen MR) is 89.1 cm³/mol. The molecule has 0 bridgehead atoms. The van der Waals surface area contributed by atoms with Gasteiger partial charge in [-0.05, 0) is 35.1 Å². The summed E-state index contributed by atoms with van der Waals surface area (Å²) in [5.74, 6) is 0. The fraction of sp³-hybridized carbons (Fsp3) is 0.200. The molecule has 17 heavy (non-hydrogen) atoms. The lowest BCUT2D eigenvalue weighted by Crippen LogP contribution is -2.12. The summed E-state index contributed by atoms with van der Waals surface area (Å²) in [7, 11) is 0. The minimum atomic E-state index is 0.0687. The van der Waals surface area contributed by atoms with Gasteiger partial charge in [-0.3, -0.25) is 0 Å². The molecular formula is C15H12I2. The Balaban J connectivity index is 2.27. The number of hydrogen-bond acceptors (Lipinski definition) is 0. The molecule has 0 amide bonds. The molecule has 0 atom stereocenters. The van der Waals surface area contributed by atoms with E-state index in [9.17, 15) is 0 Å². The van der Waals surface area contributed by atoms with Gasteiger partial charge in [-0.25, -0.2) is 0 Å². The normalized spacial score (nSPS) is 16.8. The highest BCUT2D eigenvalue weighted by Gasteiger charge is 2.33. The van der Waals surface area contributed by atoms with Gasteiger partial charge in [0.1, 0.15) is 1.43 Å². The Morgan fingerprint density at radius 3 is 1.59 bits per heavy atom. The van der Waals surface area contributed by atoms with Gasteiger partial charge in [0.15, 0.2) is 0 Å². The molecule has 0 radical (unpaired) electrons. The molecule has 0 N–H and O–H groups in total. The van der Waals surface area contributed by atoms with E-state index < -0.39 is 0 Å². The molecule has 2 aromatic rings. The third-order valence-electron chi connectivity index (χ3n) is 3.37. The summed E-state index contributed by atoms with van der Waals surface area (Å²) in [6.07, 6.45) is 2.31. The number of hydrogen-bond donors (Lipinski definition) is 0. The van der Waals surface area contributed by atoms with Crippen molar-refractivity contribution in [2.75, 3.05) is 0 Å². The summed E-state index contributed by atoms with van der Waals surface area (Å²) in [5.41, 5.74) is 5.91. The van der Waals surface area contributed by atoms with Gasteiger partial charge in [0.05, 0.1) is 0 Å². The number of halogens is 2. The summed E-state index contributed by atoms with van der Waals surface area (Å²) in [4.78, 5) is 0. The number of alkyl halides is 2. The average Bonchev–Trinajstić information content (AvgIpc) is 2.47. The molecule has 3 rings (SSSR count). The largest absolute Gasteiger partial charge is 0.123 e. The first kappa shape index (κ1) is 12.0. The van der Waals surface area contributed by atoms with Crippen molar-refractivity contribution >= 4 is 45.2 Å². The Morgan fingerprint density at radius 1 is 0.706 bits per heavy atom. The molecule has 1 aliphatic carbocycles. The van der Waals surface area contributed by atoms with Gasteiger partial charge in [-0.15, -0.1) is 0 Å². The van der Waals surface area contributed by atoms with Crippen LogP contribution in [0.5, 0.6) is 0 Å². The lowest BCUT2D eigenvalue weighted by Gasteiger charge is -2.24. The van der Waals surface area contributed by atoms with Gasteiger partial charge in [0.2, 0.25) is 0 Å². The Labute approximate surface area is 129 Å². The van der Waals surface area contributed by atoms with Gasteiger partial charge in [-0.2, -0.15) is 0 Å². The topological polar surface area (TPSA) is 0 Å². The van der Waals surface area contributed by atoms with Crippen LogP contribution in [0.2, 0.25) is 0 Å². The van der Waals surface area contributed by atoms with E-state index >= 15 is 0 Å². The molecule has 0 unspecified atom stereocenters. The number of aryl methyl sites for hydroxylation is 2. The van der Waals surface area contributed by atoms with Crippen LogP contribution in [0.1, 0.15) is 22.3 Å². The molecular weight excluding hydrogens is 434 g/mol. The van der Waals surface area contributed by atoms with Gasteiger partial charge in [-0.1, -0.05) is 93.7 Å². The van der Waals surface area contributed by atoms with Crippen LogP contribution >= 0.6 is 45.2 Å². The van der Waals surface area contributed by atoms with Crippen LogP contribution in [0.15, 0.2) is 48.5 Å². The molecule has 2 heteroatoms. The van der Waals surface area contributed by atoms with E-state index in [4.69, 9.17) is 0 Å². The van der Waals surface area contributed by atoms with E-state index in [1.165, 1.54) is 22.3 Å². The highest BCUT2D eigenvalue weighted by molar-refractivity contribution is 14.2. The van der Waals surface area contributed by atoms with Gasteiger partial charge < -0.3 is 0 Å². The summed E-state index contributed by atoms with van der Waals surface area (Å²) in [6.45, 7) is 0. The lowest BCUT2D eigenvalue weighted by molar-refractivity contribution is 0.965. The van der Waals surface area contributed by atoms with Gasteiger partial charge in [0.25, 0.3) is 0 Å². The van der Waals surface area contributed by atoms with Crippen LogP contribution in [-0.4, -0.2) is 0 Å². The molecule has 0 heterocycles. The Morgan fingerprint density at radius 2 is 1.12 bits per heavy atom. The van der Waals surface area contributed by atoms with Crippen LogP contribution < -0.4 is 0 Å². The molecule has 0 spiro atoms. The number of benzene rings is 2. The second-order valence-electron chi connectivity index (χ2n) is 4.39. The Hall–Kier alpha value is -0.1000. The molecule has 0 nitrogen and oxygen atoms in total. The van der Waals surface area contributed by atoms with Crippen molar-refractivity contribution in [2.45, 2.75) is 14.3 Å². The maximum Gasteiger partial charge on any atom is 0.123 e. The minimum Gasteiger partial charge on any atom is -0.0620 e. The summed E-state index contributed by atoms with van der Waals surface area (Å²) >= 11 is 5.17. The molecule has 0 saturated carbocycles. The monoisotopic (exact) mass is 446 g/mol. The van der Waals surface area contributed by atoms with Crippen molar-refractivity contribution < 1.29 is 0 Å². The SMILES string of the molecule is IC1(I)c2ccccc2CCc2ccccc21. The zero-order valence-electron chi connectivity index (χ0n) is 9.29. The molecule has 0 aromatic heterocycles. The van der Waals surface area contributed by atoms with Crippen LogP contribution in [0, 0.1) is 0 Å². The van der Waals surface area contributed by atoms with Crippen molar-refractivity contribution in [1.29, 1.82) is 0 Å². The van der Waals surface area contributed by atoms with Gasteiger partial charge in [0, 0.05) is 0 Å². The van der Waals surface area contributed by atoms with E-state index in [0.717, 1.165) is 12.8 Å². The maximum atomic E-state index is 2.59. The van der Waals surface area contributed by atoms with E-state index in [1.807, 2.05) is 0 Å².